The van der Waals surface area contributed by atoms with Crippen LogP contribution in [0.5, 0.6) is 0 Å². The van der Waals surface area contributed by atoms with E-state index in [0.717, 1.165) is 17.5 Å². The minimum absolute atomic E-state index is 0. The number of thioether (sulfide) groups is 1. The van der Waals surface area contributed by atoms with Crippen molar-refractivity contribution in [2.45, 2.75) is 0 Å². The molecule has 1 aliphatic rings. The lowest BCUT2D eigenvalue weighted by atomic mass is 10.6. The lowest BCUT2D eigenvalue weighted by Crippen LogP contribution is -2.34. The van der Waals surface area contributed by atoms with Crippen molar-refractivity contribution in [2.75, 3.05) is 25.9 Å². The van der Waals surface area contributed by atoms with E-state index < -0.39 is 0 Å². The molecule has 0 saturated heterocycles. The van der Waals surface area contributed by atoms with Gasteiger partial charge in [-0.05, 0) is 7.05 Å². The summed E-state index contributed by atoms with van der Waals surface area (Å²) in [5.74, 6) is 0.954. The van der Waals surface area contributed by atoms with E-state index in [1.165, 1.54) is 0 Å². The predicted octanol–water partition coefficient (Wildman–Crippen LogP) is -0.153. The van der Waals surface area contributed by atoms with E-state index in [2.05, 4.69) is 15.6 Å². The van der Waals surface area contributed by atoms with E-state index in [1.54, 1.807) is 18.8 Å². The molecule has 6 heteroatoms. The highest BCUT2D eigenvalue weighted by atomic mass is 35.5. The molecule has 0 aliphatic carbocycles. The largest absolute Gasteiger partial charge is 0.311 e. The number of hydrogen-bond acceptors (Lipinski definition) is 4. The molecular formula is C6H12ClN3OS. The number of amidine groups is 1. The van der Waals surface area contributed by atoms with E-state index in [9.17, 15) is 4.79 Å². The summed E-state index contributed by atoms with van der Waals surface area (Å²) in [4.78, 5) is 15.0. The van der Waals surface area contributed by atoms with Crippen LogP contribution in [0.25, 0.3) is 0 Å². The number of rotatable bonds is 2. The zero-order valence-electron chi connectivity index (χ0n) is 6.79. The summed E-state index contributed by atoms with van der Waals surface area (Å²) < 4.78 is 0. The summed E-state index contributed by atoms with van der Waals surface area (Å²) in [5, 5.41) is 6.21. The zero-order valence-corrected chi connectivity index (χ0v) is 8.43. The van der Waals surface area contributed by atoms with Crippen LogP contribution >= 0.6 is 24.2 Å². The molecule has 0 spiro atoms. The number of halogens is 1. The van der Waals surface area contributed by atoms with E-state index in [-0.39, 0.29) is 18.3 Å². The molecule has 0 fully saturated rings. The van der Waals surface area contributed by atoms with Gasteiger partial charge in [-0.3, -0.25) is 9.79 Å². The van der Waals surface area contributed by atoms with Gasteiger partial charge in [-0.15, -0.1) is 12.4 Å². The lowest BCUT2D eigenvalue weighted by Gasteiger charge is -2.01. The van der Waals surface area contributed by atoms with Gasteiger partial charge in [0, 0.05) is 5.75 Å². The quantitative estimate of drug-likeness (QED) is 0.665. The average Bonchev–Trinajstić information content (AvgIpc) is 2.40. The Morgan fingerprint density at radius 3 is 3.00 bits per heavy atom. The number of likely N-dealkylation sites (N-methyl/N-ethyl adjacent to an activating group) is 1. The van der Waals surface area contributed by atoms with Crippen LogP contribution in [0.4, 0.5) is 0 Å². The van der Waals surface area contributed by atoms with Crippen LogP contribution in [-0.4, -0.2) is 37.0 Å². The van der Waals surface area contributed by atoms with Gasteiger partial charge in [-0.25, -0.2) is 0 Å². The van der Waals surface area contributed by atoms with Crippen LogP contribution < -0.4 is 10.6 Å². The van der Waals surface area contributed by atoms with Gasteiger partial charge in [0.05, 0.1) is 13.1 Å². The summed E-state index contributed by atoms with van der Waals surface area (Å²) in [6.07, 6.45) is 0. The zero-order chi connectivity index (χ0) is 8.10. The molecule has 1 aliphatic heterocycles. The molecule has 0 saturated carbocycles. The number of hydrogen-bond donors (Lipinski definition) is 2. The van der Waals surface area contributed by atoms with Crippen molar-refractivity contribution in [1.82, 2.24) is 10.6 Å². The van der Waals surface area contributed by atoms with Crippen molar-refractivity contribution < 1.29 is 4.79 Å². The second-order valence-electron chi connectivity index (χ2n) is 2.11. The van der Waals surface area contributed by atoms with Gasteiger partial charge in [0.1, 0.15) is 0 Å². The standard InChI is InChI=1S/C6H11N3OS.ClH/c1-7-4-5(10)9-6-8-2-3-11-6;/h7H,2-4H2,1H3,(H,8,9,10);1H. The van der Waals surface area contributed by atoms with Crippen molar-refractivity contribution in [2.24, 2.45) is 4.99 Å². The Hall–Kier alpha value is -0.260. The van der Waals surface area contributed by atoms with Gasteiger partial charge in [-0.2, -0.15) is 0 Å². The van der Waals surface area contributed by atoms with E-state index >= 15 is 0 Å². The van der Waals surface area contributed by atoms with Crippen molar-refractivity contribution in [3.8, 4) is 0 Å². The van der Waals surface area contributed by atoms with Crippen molar-refractivity contribution in [1.29, 1.82) is 0 Å². The van der Waals surface area contributed by atoms with Crippen molar-refractivity contribution >= 4 is 35.2 Å². The highest BCUT2D eigenvalue weighted by Gasteiger charge is 2.09. The Kier molecular flexibility index (Phi) is 6.14. The minimum Gasteiger partial charge on any atom is -0.311 e. The molecule has 0 aromatic heterocycles. The van der Waals surface area contributed by atoms with Gasteiger partial charge in [-0.1, -0.05) is 11.8 Å². The molecule has 0 aromatic rings. The summed E-state index contributed by atoms with van der Waals surface area (Å²) in [7, 11) is 1.74. The van der Waals surface area contributed by atoms with Crippen LogP contribution in [0, 0.1) is 0 Å². The van der Waals surface area contributed by atoms with E-state index in [1.807, 2.05) is 0 Å². The minimum atomic E-state index is -0.0272. The predicted molar refractivity (Wildman–Crippen MR) is 54.1 cm³/mol. The molecule has 1 heterocycles. The SMILES string of the molecule is CNCC(=O)NC1=NCCS1.Cl. The maximum absolute atomic E-state index is 10.9. The molecule has 12 heavy (non-hydrogen) atoms. The molecule has 0 radical (unpaired) electrons. The average molecular weight is 210 g/mol. The molecule has 1 amide bonds. The highest BCUT2D eigenvalue weighted by Crippen LogP contribution is 2.08. The van der Waals surface area contributed by atoms with Crippen LogP contribution in [0.15, 0.2) is 4.99 Å². The lowest BCUT2D eigenvalue weighted by molar-refractivity contribution is -0.118. The molecular weight excluding hydrogens is 198 g/mol. The topological polar surface area (TPSA) is 53.5 Å². The van der Waals surface area contributed by atoms with Gasteiger partial charge >= 0.3 is 0 Å². The van der Waals surface area contributed by atoms with E-state index in [4.69, 9.17) is 0 Å². The number of carbonyl (C=O) groups excluding carboxylic acids is 1. The van der Waals surface area contributed by atoms with Crippen LogP contribution in [-0.2, 0) is 4.79 Å². The Balaban J connectivity index is 0.00000121. The molecule has 4 nitrogen and oxygen atoms in total. The Morgan fingerprint density at radius 2 is 2.50 bits per heavy atom. The maximum Gasteiger partial charge on any atom is 0.239 e. The first-order chi connectivity index (χ1) is 5.33. The first-order valence-corrected chi connectivity index (χ1v) is 4.43. The fourth-order valence-corrected chi connectivity index (χ4v) is 1.48. The summed E-state index contributed by atoms with van der Waals surface area (Å²) in [5.41, 5.74) is 0. The van der Waals surface area contributed by atoms with Gasteiger partial charge in [0.15, 0.2) is 5.17 Å². The van der Waals surface area contributed by atoms with Crippen molar-refractivity contribution in [3.05, 3.63) is 0 Å². The number of nitrogens with one attached hydrogen (secondary N) is 2. The second-order valence-corrected chi connectivity index (χ2v) is 3.20. The molecule has 0 atom stereocenters. The molecule has 1 rings (SSSR count). The third-order valence-corrected chi connectivity index (χ3v) is 2.06. The monoisotopic (exact) mass is 209 g/mol. The van der Waals surface area contributed by atoms with Gasteiger partial charge < -0.3 is 10.6 Å². The number of nitrogens with zero attached hydrogens (tertiary/aromatic N) is 1. The summed E-state index contributed by atoms with van der Waals surface area (Å²) >= 11 is 1.59. The van der Waals surface area contributed by atoms with E-state index in [0.29, 0.717) is 6.54 Å². The van der Waals surface area contributed by atoms with Crippen LogP contribution in [0.2, 0.25) is 0 Å². The second kappa shape index (κ2) is 6.28. The normalized spacial score (nSPS) is 14.9. The Labute approximate surface area is 82.0 Å². The molecule has 0 aromatic carbocycles. The fourth-order valence-electron chi connectivity index (χ4n) is 0.735. The Bertz CT molecular complexity index is 186. The molecule has 0 unspecified atom stereocenters. The van der Waals surface area contributed by atoms with Gasteiger partial charge in [0.25, 0.3) is 0 Å². The molecule has 70 valence electrons. The maximum atomic E-state index is 10.9. The molecule has 2 N–H and O–H groups in total. The first kappa shape index (κ1) is 11.7. The first-order valence-electron chi connectivity index (χ1n) is 3.44. The number of aliphatic imine (C=N–C) groups is 1. The molecule has 0 bridgehead atoms. The highest BCUT2D eigenvalue weighted by molar-refractivity contribution is 8.14. The fraction of sp³-hybridized carbons (Fsp3) is 0.667. The van der Waals surface area contributed by atoms with Gasteiger partial charge in [0.2, 0.25) is 5.91 Å². The summed E-state index contributed by atoms with van der Waals surface area (Å²) in [6, 6.07) is 0. The summed E-state index contributed by atoms with van der Waals surface area (Å²) in [6.45, 7) is 1.17. The third kappa shape index (κ3) is 3.94. The smallest absolute Gasteiger partial charge is 0.239 e. The van der Waals surface area contributed by atoms with Crippen LogP contribution in [0.3, 0.4) is 0 Å². The van der Waals surface area contributed by atoms with Crippen LogP contribution in [0.1, 0.15) is 0 Å². The van der Waals surface area contributed by atoms with Crippen molar-refractivity contribution in [3.63, 3.8) is 0 Å². The third-order valence-electron chi connectivity index (χ3n) is 1.17. The number of amides is 1. The number of carbonyl (C=O) groups is 1. The Morgan fingerprint density at radius 1 is 1.75 bits per heavy atom.